The van der Waals surface area contributed by atoms with Crippen molar-refractivity contribution in [3.63, 3.8) is 0 Å². The minimum absolute atomic E-state index is 0.140. The number of fused-ring (bicyclic) bond motifs is 1. The summed E-state index contributed by atoms with van der Waals surface area (Å²) in [7, 11) is 1.68. The largest absolute Gasteiger partial charge is 0.497 e. The SMILES string of the molecule is CCCCCCNC(=O)CCc1cccc2ccc(OC)cc12. The van der Waals surface area contributed by atoms with E-state index in [2.05, 4.69) is 30.4 Å². The molecule has 124 valence electrons. The van der Waals surface area contributed by atoms with E-state index in [-0.39, 0.29) is 5.91 Å². The molecule has 0 radical (unpaired) electrons. The van der Waals surface area contributed by atoms with E-state index >= 15 is 0 Å². The predicted octanol–water partition coefficient (Wildman–Crippen LogP) is 4.48. The van der Waals surface area contributed by atoms with Gasteiger partial charge >= 0.3 is 0 Å². The molecule has 0 aromatic heterocycles. The Morgan fingerprint density at radius 3 is 2.78 bits per heavy atom. The average molecular weight is 313 g/mol. The molecule has 1 amide bonds. The summed E-state index contributed by atoms with van der Waals surface area (Å²) in [4.78, 5) is 12.0. The highest BCUT2D eigenvalue weighted by atomic mass is 16.5. The van der Waals surface area contributed by atoms with E-state index in [1.807, 2.05) is 18.2 Å². The molecular formula is C20H27NO2. The molecule has 3 heteroatoms. The number of aryl methyl sites for hydroxylation is 1. The zero-order chi connectivity index (χ0) is 16.5. The molecule has 1 N–H and O–H groups in total. The Kier molecular flexibility index (Phi) is 6.92. The van der Waals surface area contributed by atoms with Gasteiger partial charge in [0.1, 0.15) is 5.75 Å². The number of hydrogen-bond donors (Lipinski definition) is 1. The molecule has 0 saturated heterocycles. The van der Waals surface area contributed by atoms with Crippen molar-refractivity contribution < 1.29 is 9.53 Å². The zero-order valence-electron chi connectivity index (χ0n) is 14.2. The summed E-state index contributed by atoms with van der Waals surface area (Å²) in [5.41, 5.74) is 1.20. The molecule has 0 aliphatic carbocycles. The number of unbranched alkanes of at least 4 members (excludes halogenated alkanes) is 3. The summed E-state index contributed by atoms with van der Waals surface area (Å²) in [5, 5.41) is 5.37. The summed E-state index contributed by atoms with van der Waals surface area (Å²) >= 11 is 0. The van der Waals surface area contributed by atoms with Gasteiger partial charge < -0.3 is 10.1 Å². The van der Waals surface area contributed by atoms with Crippen molar-refractivity contribution in [2.75, 3.05) is 13.7 Å². The Morgan fingerprint density at radius 1 is 1.13 bits per heavy atom. The van der Waals surface area contributed by atoms with E-state index in [1.54, 1.807) is 7.11 Å². The topological polar surface area (TPSA) is 38.3 Å². The lowest BCUT2D eigenvalue weighted by molar-refractivity contribution is -0.121. The molecule has 0 fully saturated rings. The molecule has 2 aromatic carbocycles. The lowest BCUT2D eigenvalue weighted by Gasteiger charge is -2.09. The lowest BCUT2D eigenvalue weighted by atomic mass is 10.0. The van der Waals surface area contributed by atoms with Crippen molar-refractivity contribution in [1.29, 1.82) is 0 Å². The van der Waals surface area contributed by atoms with Gasteiger partial charge in [-0.2, -0.15) is 0 Å². The van der Waals surface area contributed by atoms with Crippen LogP contribution in [0.4, 0.5) is 0 Å². The Balaban J connectivity index is 1.90. The summed E-state index contributed by atoms with van der Waals surface area (Å²) in [6.45, 7) is 2.99. The van der Waals surface area contributed by atoms with Crippen LogP contribution in [0.1, 0.15) is 44.6 Å². The highest BCUT2D eigenvalue weighted by Crippen LogP contribution is 2.24. The fraction of sp³-hybridized carbons (Fsp3) is 0.450. The molecule has 0 bridgehead atoms. The van der Waals surface area contributed by atoms with Gasteiger partial charge in [0.15, 0.2) is 0 Å². The third kappa shape index (κ3) is 5.27. The van der Waals surface area contributed by atoms with Crippen LogP contribution in [0, 0.1) is 0 Å². The van der Waals surface area contributed by atoms with Gasteiger partial charge in [-0.1, -0.05) is 50.5 Å². The first-order chi connectivity index (χ1) is 11.2. The van der Waals surface area contributed by atoms with Crippen molar-refractivity contribution in [2.45, 2.75) is 45.4 Å². The lowest BCUT2D eigenvalue weighted by Crippen LogP contribution is -2.24. The minimum atomic E-state index is 0.140. The van der Waals surface area contributed by atoms with E-state index < -0.39 is 0 Å². The number of benzene rings is 2. The van der Waals surface area contributed by atoms with Crippen molar-refractivity contribution in [2.24, 2.45) is 0 Å². The van der Waals surface area contributed by atoms with Gasteiger partial charge in [0.2, 0.25) is 5.91 Å². The Labute approximate surface area is 139 Å². The highest BCUT2D eigenvalue weighted by molar-refractivity contribution is 5.87. The standard InChI is InChI=1S/C20H27NO2/c1-3-4-5-6-14-21-20(22)13-11-17-9-7-8-16-10-12-18(23-2)15-19(16)17/h7-10,12,15H,3-6,11,13-14H2,1-2H3,(H,21,22). The molecule has 0 heterocycles. The van der Waals surface area contributed by atoms with E-state index in [0.29, 0.717) is 6.42 Å². The first-order valence-corrected chi connectivity index (χ1v) is 8.57. The highest BCUT2D eigenvalue weighted by Gasteiger charge is 2.06. The summed E-state index contributed by atoms with van der Waals surface area (Å²) in [6, 6.07) is 12.3. The smallest absolute Gasteiger partial charge is 0.220 e. The Hall–Kier alpha value is -2.03. The summed E-state index contributed by atoms with van der Waals surface area (Å²) in [6.07, 6.45) is 6.02. The number of rotatable bonds is 9. The molecule has 0 aliphatic heterocycles. The fourth-order valence-corrected chi connectivity index (χ4v) is 2.78. The maximum Gasteiger partial charge on any atom is 0.220 e. The van der Waals surface area contributed by atoms with Crippen LogP contribution in [0.2, 0.25) is 0 Å². The quantitative estimate of drug-likeness (QED) is 0.693. The maximum absolute atomic E-state index is 12.0. The number of methoxy groups -OCH3 is 1. The van der Waals surface area contributed by atoms with Crippen LogP contribution < -0.4 is 10.1 Å². The third-order valence-corrected chi connectivity index (χ3v) is 4.15. The van der Waals surface area contributed by atoms with Gasteiger partial charge in [-0.3, -0.25) is 4.79 Å². The number of hydrogen-bond acceptors (Lipinski definition) is 2. The molecule has 0 atom stereocenters. The molecule has 0 aliphatic rings. The number of carbonyl (C=O) groups is 1. The van der Waals surface area contributed by atoms with Crippen molar-refractivity contribution >= 4 is 16.7 Å². The number of ether oxygens (including phenoxy) is 1. The van der Waals surface area contributed by atoms with E-state index in [0.717, 1.165) is 25.1 Å². The first-order valence-electron chi connectivity index (χ1n) is 8.57. The second-order valence-corrected chi connectivity index (χ2v) is 5.91. The van der Waals surface area contributed by atoms with Gasteiger partial charge in [-0.05, 0) is 41.3 Å². The van der Waals surface area contributed by atoms with Gasteiger partial charge in [-0.25, -0.2) is 0 Å². The molecule has 2 aromatic rings. The van der Waals surface area contributed by atoms with Gasteiger partial charge in [0.25, 0.3) is 0 Å². The molecule has 0 spiro atoms. The summed E-state index contributed by atoms with van der Waals surface area (Å²) < 4.78 is 5.31. The Bertz CT molecular complexity index is 637. The third-order valence-electron chi connectivity index (χ3n) is 4.15. The fourth-order valence-electron chi connectivity index (χ4n) is 2.78. The monoisotopic (exact) mass is 313 g/mol. The zero-order valence-corrected chi connectivity index (χ0v) is 14.2. The normalized spacial score (nSPS) is 10.7. The first kappa shape index (κ1) is 17.3. The molecule has 2 rings (SSSR count). The second kappa shape index (κ2) is 9.19. The van der Waals surface area contributed by atoms with Crippen molar-refractivity contribution in [3.05, 3.63) is 42.0 Å². The van der Waals surface area contributed by atoms with Gasteiger partial charge in [-0.15, -0.1) is 0 Å². The van der Waals surface area contributed by atoms with Crippen LogP contribution in [-0.4, -0.2) is 19.6 Å². The molecule has 23 heavy (non-hydrogen) atoms. The van der Waals surface area contributed by atoms with Crippen LogP contribution in [0.25, 0.3) is 10.8 Å². The molecular weight excluding hydrogens is 286 g/mol. The summed E-state index contributed by atoms with van der Waals surface area (Å²) in [5.74, 6) is 0.992. The van der Waals surface area contributed by atoms with Crippen LogP contribution >= 0.6 is 0 Å². The van der Waals surface area contributed by atoms with Crippen LogP contribution in [-0.2, 0) is 11.2 Å². The number of amides is 1. The van der Waals surface area contributed by atoms with Gasteiger partial charge in [0, 0.05) is 13.0 Å². The number of carbonyl (C=O) groups excluding carboxylic acids is 1. The van der Waals surface area contributed by atoms with Crippen LogP contribution in [0.5, 0.6) is 5.75 Å². The van der Waals surface area contributed by atoms with Crippen molar-refractivity contribution in [1.82, 2.24) is 5.32 Å². The van der Waals surface area contributed by atoms with E-state index in [4.69, 9.17) is 4.74 Å². The van der Waals surface area contributed by atoms with Crippen LogP contribution in [0.3, 0.4) is 0 Å². The maximum atomic E-state index is 12.0. The second-order valence-electron chi connectivity index (χ2n) is 5.91. The molecule has 0 unspecified atom stereocenters. The minimum Gasteiger partial charge on any atom is -0.497 e. The Morgan fingerprint density at radius 2 is 2.00 bits per heavy atom. The van der Waals surface area contributed by atoms with Crippen LogP contribution in [0.15, 0.2) is 36.4 Å². The average Bonchev–Trinajstić information content (AvgIpc) is 2.59. The molecule has 3 nitrogen and oxygen atoms in total. The van der Waals surface area contributed by atoms with E-state index in [9.17, 15) is 4.79 Å². The van der Waals surface area contributed by atoms with E-state index in [1.165, 1.54) is 35.6 Å². The van der Waals surface area contributed by atoms with Gasteiger partial charge in [0.05, 0.1) is 7.11 Å². The molecule has 0 saturated carbocycles. The number of nitrogens with one attached hydrogen (secondary N) is 1. The van der Waals surface area contributed by atoms with Crippen molar-refractivity contribution in [3.8, 4) is 5.75 Å². The predicted molar refractivity (Wildman–Crippen MR) is 96.0 cm³/mol.